The molecule has 26 heavy (non-hydrogen) atoms. The molecule has 3 rings (SSSR count). The zero-order valence-electron chi connectivity index (χ0n) is 15.3. The van der Waals surface area contributed by atoms with Gasteiger partial charge in [-0.2, -0.15) is 0 Å². The van der Waals surface area contributed by atoms with Crippen molar-refractivity contribution in [3.05, 3.63) is 59.4 Å². The van der Waals surface area contributed by atoms with Crippen molar-refractivity contribution in [1.29, 1.82) is 0 Å². The van der Waals surface area contributed by atoms with Crippen LogP contribution < -0.4 is 10.1 Å². The molecular weight excluding hydrogens is 347 g/mol. The van der Waals surface area contributed by atoms with Crippen molar-refractivity contribution >= 4 is 23.0 Å². The zero-order chi connectivity index (χ0) is 18.5. The van der Waals surface area contributed by atoms with E-state index in [9.17, 15) is 4.39 Å². The van der Waals surface area contributed by atoms with E-state index in [2.05, 4.69) is 10.2 Å². The molecule has 1 saturated carbocycles. The van der Waals surface area contributed by atoms with E-state index in [1.807, 2.05) is 37.3 Å². The fraction of sp³-hybridized carbons (Fsp3) is 0.381. The van der Waals surface area contributed by atoms with E-state index < -0.39 is 0 Å². The molecule has 0 amide bonds. The van der Waals surface area contributed by atoms with Gasteiger partial charge in [0.05, 0.1) is 7.11 Å². The molecule has 5 heteroatoms. The molecule has 1 fully saturated rings. The van der Waals surface area contributed by atoms with Crippen LogP contribution in [0.25, 0.3) is 0 Å². The Morgan fingerprint density at radius 1 is 1.23 bits per heavy atom. The van der Waals surface area contributed by atoms with Gasteiger partial charge in [-0.05, 0) is 49.7 Å². The number of nitrogens with one attached hydrogen (secondary N) is 1. The smallest absolute Gasteiger partial charge is 0.173 e. The SMILES string of the molecule is COc1cc(NC(=S)N(Cc2ccccc2F)C2CCCC2)ccc1C. The topological polar surface area (TPSA) is 24.5 Å². The number of halogens is 1. The summed E-state index contributed by atoms with van der Waals surface area (Å²) in [5, 5.41) is 3.95. The van der Waals surface area contributed by atoms with Crippen molar-refractivity contribution in [3.63, 3.8) is 0 Å². The molecule has 0 unspecified atom stereocenters. The minimum absolute atomic E-state index is 0.185. The number of benzene rings is 2. The Morgan fingerprint density at radius 3 is 2.65 bits per heavy atom. The van der Waals surface area contributed by atoms with Gasteiger partial charge in [0.15, 0.2) is 5.11 Å². The van der Waals surface area contributed by atoms with Gasteiger partial charge in [-0.25, -0.2) is 4.39 Å². The third-order valence-electron chi connectivity index (χ3n) is 4.98. The number of methoxy groups -OCH3 is 1. The van der Waals surface area contributed by atoms with Crippen LogP contribution in [0.3, 0.4) is 0 Å². The Labute approximate surface area is 160 Å². The number of rotatable bonds is 5. The molecule has 0 aliphatic heterocycles. The first-order valence-corrected chi connectivity index (χ1v) is 9.45. The zero-order valence-corrected chi connectivity index (χ0v) is 16.1. The largest absolute Gasteiger partial charge is 0.496 e. The van der Waals surface area contributed by atoms with E-state index in [4.69, 9.17) is 17.0 Å². The van der Waals surface area contributed by atoms with E-state index in [1.54, 1.807) is 13.2 Å². The molecule has 0 aromatic heterocycles. The molecule has 138 valence electrons. The van der Waals surface area contributed by atoms with Crippen molar-refractivity contribution in [2.75, 3.05) is 12.4 Å². The van der Waals surface area contributed by atoms with E-state index in [1.165, 1.54) is 18.9 Å². The van der Waals surface area contributed by atoms with Crippen LogP contribution >= 0.6 is 12.2 Å². The maximum absolute atomic E-state index is 14.2. The molecular formula is C21H25FN2OS. The molecule has 1 aliphatic carbocycles. The molecule has 0 spiro atoms. The van der Waals surface area contributed by atoms with Gasteiger partial charge < -0.3 is 15.0 Å². The summed E-state index contributed by atoms with van der Waals surface area (Å²) in [5.74, 6) is 0.634. The van der Waals surface area contributed by atoms with Gasteiger partial charge in [0.25, 0.3) is 0 Å². The highest BCUT2D eigenvalue weighted by Crippen LogP contribution is 2.27. The highest BCUT2D eigenvalue weighted by molar-refractivity contribution is 7.80. The lowest BCUT2D eigenvalue weighted by atomic mass is 10.1. The van der Waals surface area contributed by atoms with Gasteiger partial charge in [0, 0.05) is 29.9 Å². The fourth-order valence-electron chi connectivity index (χ4n) is 3.49. The van der Waals surface area contributed by atoms with Crippen LogP contribution in [0.1, 0.15) is 36.8 Å². The van der Waals surface area contributed by atoms with Crippen LogP contribution in [-0.2, 0) is 6.54 Å². The molecule has 2 aromatic carbocycles. The Bertz CT molecular complexity index is 774. The Morgan fingerprint density at radius 2 is 1.96 bits per heavy atom. The van der Waals surface area contributed by atoms with Crippen molar-refractivity contribution in [3.8, 4) is 5.75 Å². The molecule has 0 saturated heterocycles. The Kier molecular flexibility index (Phi) is 6.09. The van der Waals surface area contributed by atoms with Crippen molar-refractivity contribution in [2.24, 2.45) is 0 Å². The summed E-state index contributed by atoms with van der Waals surface area (Å²) in [6, 6.07) is 13.2. The van der Waals surface area contributed by atoms with E-state index in [0.29, 0.717) is 23.3 Å². The van der Waals surface area contributed by atoms with Crippen molar-refractivity contribution in [2.45, 2.75) is 45.2 Å². The highest BCUT2D eigenvalue weighted by atomic mass is 32.1. The fourth-order valence-corrected chi connectivity index (χ4v) is 3.82. The summed E-state index contributed by atoms with van der Waals surface area (Å²) >= 11 is 5.70. The molecule has 0 heterocycles. The predicted molar refractivity (Wildman–Crippen MR) is 108 cm³/mol. The van der Waals surface area contributed by atoms with Crippen LogP contribution in [0.2, 0.25) is 0 Å². The van der Waals surface area contributed by atoms with Crippen LogP contribution in [-0.4, -0.2) is 23.2 Å². The number of thiocarbonyl (C=S) groups is 1. The summed E-state index contributed by atoms with van der Waals surface area (Å²) in [4.78, 5) is 2.13. The Hall–Kier alpha value is -2.14. The third-order valence-corrected chi connectivity index (χ3v) is 5.32. The van der Waals surface area contributed by atoms with Gasteiger partial charge in [0.1, 0.15) is 11.6 Å². The van der Waals surface area contributed by atoms with E-state index in [-0.39, 0.29) is 5.82 Å². The Balaban J connectivity index is 1.79. The van der Waals surface area contributed by atoms with Crippen LogP contribution in [0.4, 0.5) is 10.1 Å². The minimum atomic E-state index is -0.185. The summed E-state index contributed by atoms with van der Waals surface area (Å²) in [5.41, 5.74) is 2.63. The highest BCUT2D eigenvalue weighted by Gasteiger charge is 2.25. The summed E-state index contributed by atoms with van der Waals surface area (Å²) in [6.07, 6.45) is 4.57. The summed E-state index contributed by atoms with van der Waals surface area (Å²) < 4.78 is 19.6. The average molecular weight is 373 g/mol. The van der Waals surface area contributed by atoms with Crippen LogP contribution in [0.15, 0.2) is 42.5 Å². The minimum Gasteiger partial charge on any atom is -0.496 e. The average Bonchev–Trinajstić information content (AvgIpc) is 3.16. The summed E-state index contributed by atoms with van der Waals surface area (Å²) in [6.45, 7) is 2.48. The van der Waals surface area contributed by atoms with Gasteiger partial charge in [-0.1, -0.05) is 37.1 Å². The number of ether oxygens (including phenoxy) is 1. The number of aryl methyl sites for hydroxylation is 1. The second-order valence-electron chi connectivity index (χ2n) is 6.77. The van der Waals surface area contributed by atoms with E-state index in [0.717, 1.165) is 29.8 Å². The quantitative estimate of drug-likeness (QED) is 0.721. The second kappa shape index (κ2) is 8.49. The van der Waals surface area contributed by atoms with Gasteiger partial charge in [-0.15, -0.1) is 0 Å². The molecule has 0 bridgehead atoms. The van der Waals surface area contributed by atoms with Gasteiger partial charge in [0.2, 0.25) is 0 Å². The van der Waals surface area contributed by atoms with Gasteiger partial charge >= 0.3 is 0 Å². The predicted octanol–water partition coefficient (Wildman–Crippen LogP) is 5.28. The molecule has 0 radical (unpaired) electrons. The molecule has 3 nitrogen and oxygen atoms in total. The maximum atomic E-state index is 14.2. The first-order valence-electron chi connectivity index (χ1n) is 9.04. The monoisotopic (exact) mass is 372 g/mol. The standard InChI is InChI=1S/C21H25FN2OS/c1-15-11-12-17(13-20(15)25-2)23-21(26)24(18-8-4-5-9-18)14-16-7-3-6-10-19(16)22/h3,6-7,10-13,18H,4-5,8-9,14H2,1-2H3,(H,23,26). The van der Waals surface area contributed by atoms with E-state index >= 15 is 0 Å². The lowest BCUT2D eigenvalue weighted by molar-refractivity contribution is 0.308. The number of hydrogen-bond donors (Lipinski definition) is 1. The molecule has 0 atom stereocenters. The van der Waals surface area contributed by atoms with Gasteiger partial charge in [-0.3, -0.25) is 0 Å². The third kappa shape index (κ3) is 4.33. The molecule has 1 N–H and O–H groups in total. The number of nitrogens with zero attached hydrogens (tertiary/aromatic N) is 1. The second-order valence-corrected chi connectivity index (χ2v) is 7.16. The van der Waals surface area contributed by atoms with Crippen LogP contribution in [0.5, 0.6) is 5.75 Å². The molecule has 2 aromatic rings. The van der Waals surface area contributed by atoms with Crippen LogP contribution in [0, 0.1) is 12.7 Å². The summed E-state index contributed by atoms with van der Waals surface area (Å²) in [7, 11) is 1.66. The lowest BCUT2D eigenvalue weighted by Gasteiger charge is -2.32. The molecule has 1 aliphatic rings. The first-order chi connectivity index (χ1) is 12.6. The normalized spacial score (nSPS) is 14.3. The lowest BCUT2D eigenvalue weighted by Crippen LogP contribution is -2.41. The number of hydrogen-bond acceptors (Lipinski definition) is 2. The number of anilines is 1. The van der Waals surface area contributed by atoms with Crippen molar-refractivity contribution < 1.29 is 9.13 Å². The van der Waals surface area contributed by atoms with Crippen molar-refractivity contribution in [1.82, 2.24) is 4.90 Å². The maximum Gasteiger partial charge on any atom is 0.173 e. The first kappa shape index (κ1) is 18.6.